The molecular formula is C8H16ClNO2. The molecule has 12 heavy (non-hydrogen) atoms. The molecule has 2 N–H and O–H groups in total. The van der Waals surface area contributed by atoms with Crippen LogP contribution in [-0.2, 0) is 4.79 Å². The summed E-state index contributed by atoms with van der Waals surface area (Å²) < 4.78 is 0. The molecule has 0 bridgehead atoms. The van der Waals surface area contributed by atoms with Crippen molar-refractivity contribution < 1.29 is 9.90 Å². The zero-order valence-electron chi connectivity index (χ0n) is 7.25. The van der Waals surface area contributed by atoms with Crippen LogP contribution in [0.15, 0.2) is 0 Å². The Morgan fingerprint density at radius 3 is 2.83 bits per heavy atom. The molecule has 2 atom stereocenters. The van der Waals surface area contributed by atoms with E-state index in [1.807, 2.05) is 0 Å². The highest BCUT2D eigenvalue weighted by Gasteiger charge is 2.22. The van der Waals surface area contributed by atoms with Crippen LogP contribution in [0.4, 0.5) is 0 Å². The molecule has 0 aromatic carbocycles. The monoisotopic (exact) mass is 193 g/mol. The maximum absolute atomic E-state index is 10.4. The molecule has 0 aromatic heterocycles. The van der Waals surface area contributed by atoms with Crippen LogP contribution in [0.2, 0.25) is 0 Å². The van der Waals surface area contributed by atoms with E-state index in [0.717, 1.165) is 19.5 Å². The van der Waals surface area contributed by atoms with E-state index < -0.39 is 5.97 Å². The first-order valence-electron chi connectivity index (χ1n) is 4.12. The molecule has 4 heteroatoms. The Morgan fingerprint density at radius 1 is 1.67 bits per heavy atom. The second kappa shape index (κ2) is 5.38. The summed E-state index contributed by atoms with van der Waals surface area (Å²) in [5.41, 5.74) is 0. The van der Waals surface area contributed by atoms with Crippen LogP contribution in [-0.4, -0.2) is 24.2 Å². The van der Waals surface area contributed by atoms with E-state index in [9.17, 15) is 4.79 Å². The van der Waals surface area contributed by atoms with Crippen LogP contribution >= 0.6 is 12.4 Å². The highest BCUT2D eigenvalue weighted by atomic mass is 35.5. The summed E-state index contributed by atoms with van der Waals surface area (Å²) in [4.78, 5) is 10.4. The molecule has 1 rings (SSSR count). The minimum absolute atomic E-state index is 0. The van der Waals surface area contributed by atoms with Gasteiger partial charge < -0.3 is 10.4 Å². The molecule has 0 aromatic rings. The predicted octanol–water partition coefficient (Wildman–Crippen LogP) is 1.13. The van der Waals surface area contributed by atoms with Crippen LogP contribution in [0.3, 0.4) is 0 Å². The van der Waals surface area contributed by atoms with Gasteiger partial charge >= 0.3 is 5.97 Å². The highest BCUT2D eigenvalue weighted by molar-refractivity contribution is 5.85. The van der Waals surface area contributed by atoms with E-state index in [4.69, 9.17) is 5.11 Å². The van der Waals surface area contributed by atoms with Gasteiger partial charge in [0.1, 0.15) is 0 Å². The number of aliphatic carboxylic acids is 1. The standard InChI is InChI=1S/C8H15NO2.ClH/c1-6-2-3-9-5-7(6)4-8(10)11;/h6-7,9H,2-5H2,1H3,(H,10,11);1H. The van der Waals surface area contributed by atoms with Crippen LogP contribution in [0, 0.1) is 11.8 Å². The number of hydrogen-bond donors (Lipinski definition) is 2. The van der Waals surface area contributed by atoms with Gasteiger partial charge in [-0.1, -0.05) is 6.92 Å². The molecule has 0 spiro atoms. The second-order valence-electron chi connectivity index (χ2n) is 3.33. The van der Waals surface area contributed by atoms with Crippen LogP contribution < -0.4 is 5.32 Å². The van der Waals surface area contributed by atoms with E-state index >= 15 is 0 Å². The SMILES string of the molecule is CC1CCNCC1CC(=O)O.Cl. The van der Waals surface area contributed by atoms with Gasteiger partial charge in [0.2, 0.25) is 0 Å². The molecule has 1 aliphatic rings. The van der Waals surface area contributed by atoms with E-state index in [0.29, 0.717) is 18.3 Å². The third kappa shape index (κ3) is 3.41. The lowest BCUT2D eigenvalue weighted by molar-refractivity contribution is -0.138. The van der Waals surface area contributed by atoms with Gasteiger partial charge in [0, 0.05) is 6.42 Å². The van der Waals surface area contributed by atoms with Crippen molar-refractivity contribution in [3.63, 3.8) is 0 Å². The molecule has 0 amide bonds. The number of rotatable bonds is 2. The number of piperidine rings is 1. The van der Waals surface area contributed by atoms with Crippen LogP contribution in [0.25, 0.3) is 0 Å². The van der Waals surface area contributed by atoms with E-state index in [1.165, 1.54) is 0 Å². The first-order valence-corrected chi connectivity index (χ1v) is 4.12. The average Bonchev–Trinajstić information content (AvgIpc) is 1.93. The maximum Gasteiger partial charge on any atom is 0.303 e. The van der Waals surface area contributed by atoms with E-state index in [2.05, 4.69) is 12.2 Å². The smallest absolute Gasteiger partial charge is 0.303 e. The number of nitrogens with one attached hydrogen (secondary N) is 1. The Balaban J connectivity index is 0.00000121. The van der Waals surface area contributed by atoms with E-state index in [1.54, 1.807) is 0 Å². The summed E-state index contributed by atoms with van der Waals surface area (Å²) in [6, 6.07) is 0. The van der Waals surface area contributed by atoms with Crippen molar-refractivity contribution in [1.29, 1.82) is 0 Å². The van der Waals surface area contributed by atoms with Crippen molar-refractivity contribution in [3.8, 4) is 0 Å². The Labute approximate surface area is 78.9 Å². The molecule has 2 unspecified atom stereocenters. The van der Waals surface area contributed by atoms with Crippen LogP contribution in [0.1, 0.15) is 19.8 Å². The summed E-state index contributed by atoms with van der Waals surface area (Å²) in [5, 5.41) is 11.8. The van der Waals surface area contributed by atoms with Gasteiger partial charge in [0.25, 0.3) is 0 Å². The molecule has 1 aliphatic heterocycles. The van der Waals surface area contributed by atoms with Crippen molar-refractivity contribution in [2.75, 3.05) is 13.1 Å². The fourth-order valence-electron chi connectivity index (χ4n) is 1.55. The Hall–Kier alpha value is -0.280. The van der Waals surface area contributed by atoms with Crippen molar-refractivity contribution in [1.82, 2.24) is 5.32 Å². The molecule has 72 valence electrons. The Kier molecular flexibility index (Phi) is 5.25. The molecule has 0 saturated carbocycles. The normalized spacial score (nSPS) is 29.1. The lowest BCUT2D eigenvalue weighted by Gasteiger charge is -2.28. The second-order valence-corrected chi connectivity index (χ2v) is 3.33. The number of carboxylic acid groups (broad SMARTS) is 1. The minimum Gasteiger partial charge on any atom is -0.481 e. The van der Waals surface area contributed by atoms with Gasteiger partial charge in [-0.2, -0.15) is 0 Å². The van der Waals surface area contributed by atoms with Gasteiger partial charge in [0.15, 0.2) is 0 Å². The zero-order valence-corrected chi connectivity index (χ0v) is 8.06. The average molecular weight is 194 g/mol. The maximum atomic E-state index is 10.4. The predicted molar refractivity (Wildman–Crippen MR) is 49.6 cm³/mol. The molecule has 1 fully saturated rings. The summed E-state index contributed by atoms with van der Waals surface area (Å²) in [6.07, 6.45) is 1.42. The van der Waals surface area contributed by atoms with Crippen molar-refractivity contribution in [3.05, 3.63) is 0 Å². The van der Waals surface area contributed by atoms with Gasteiger partial charge in [-0.15, -0.1) is 12.4 Å². The number of carbonyl (C=O) groups is 1. The molecule has 0 radical (unpaired) electrons. The first kappa shape index (κ1) is 11.7. The topological polar surface area (TPSA) is 49.3 Å². The molecule has 1 saturated heterocycles. The Morgan fingerprint density at radius 2 is 2.33 bits per heavy atom. The molecule has 0 aliphatic carbocycles. The van der Waals surface area contributed by atoms with Crippen molar-refractivity contribution in [2.24, 2.45) is 11.8 Å². The Bertz CT molecular complexity index is 152. The third-order valence-corrected chi connectivity index (χ3v) is 2.42. The summed E-state index contributed by atoms with van der Waals surface area (Å²) >= 11 is 0. The van der Waals surface area contributed by atoms with Gasteiger partial charge in [0.05, 0.1) is 0 Å². The summed E-state index contributed by atoms with van der Waals surface area (Å²) in [5.74, 6) is 0.221. The quantitative estimate of drug-likeness (QED) is 0.691. The minimum atomic E-state index is -0.675. The third-order valence-electron chi connectivity index (χ3n) is 2.42. The van der Waals surface area contributed by atoms with Gasteiger partial charge in [-0.25, -0.2) is 0 Å². The van der Waals surface area contributed by atoms with Crippen molar-refractivity contribution >= 4 is 18.4 Å². The molecular weight excluding hydrogens is 178 g/mol. The number of hydrogen-bond acceptors (Lipinski definition) is 2. The first-order chi connectivity index (χ1) is 5.20. The number of carboxylic acids is 1. The largest absolute Gasteiger partial charge is 0.481 e. The fraction of sp³-hybridized carbons (Fsp3) is 0.875. The molecule has 3 nitrogen and oxygen atoms in total. The van der Waals surface area contributed by atoms with Crippen molar-refractivity contribution in [2.45, 2.75) is 19.8 Å². The van der Waals surface area contributed by atoms with Crippen LogP contribution in [0.5, 0.6) is 0 Å². The van der Waals surface area contributed by atoms with E-state index in [-0.39, 0.29) is 12.4 Å². The van der Waals surface area contributed by atoms with Gasteiger partial charge in [-0.05, 0) is 31.3 Å². The fourth-order valence-corrected chi connectivity index (χ4v) is 1.55. The van der Waals surface area contributed by atoms with Gasteiger partial charge in [-0.3, -0.25) is 4.79 Å². The molecule has 1 heterocycles. The zero-order chi connectivity index (χ0) is 8.27. The number of halogens is 1. The highest BCUT2D eigenvalue weighted by Crippen LogP contribution is 2.20. The lowest BCUT2D eigenvalue weighted by atomic mass is 9.86. The summed E-state index contributed by atoms with van der Waals surface area (Å²) in [7, 11) is 0. The summed E-state index contributed by atoms with van der Waals surface area (Å²) in [6.45, 7) is 4.04. The lowest BCUT2D eigenvalue weighted by Crippen LogP contribution is -2.36.